The number of unbranched alkanes of at least 4 members (excludes halogenated alkanes) is 3. The second kappa shape index (κ2) is 13.1. The van der Waals surface area contributed by atoms with Crippen molar-refractivity contribution in [3.63, 3.8) is 0 Å². The van der Waals surface area contributed by atoms with Crippen molar-refractivity contribution in [1.29, 1.82) is 0 Å². The highest BCUT2D eigenvalue weighted by Gasteiger charge is 2.32. The molecule has 0 unspecified atom stereocenters. The van der Waals surface area contributed by atoms with E-state index in [2.05, 4.69) is 26.6 Å². The molecule has 0 amide bonds. The summed E-state index contributed by atoms with van der Waals surface area (Å²) in [6.45, 7) is 8.47. The predicted molar refractivity (Wildman–Crippen MR) is 86.1 cm³/mol. The SMILES string of the molecule is CCCC[P+](C=CC(C)=O)(CCCC)CCCC.[Cl-]. The summed E-state index contributed by atoms with van der Waals surface area (Å²) in [5.74, 6) is 2.56. The van der Waals surface area contributed by atoms with Gasteiger partial charge in [-0.25, -0.2) is 0 Å². The Balaban J connectivity index is 0. The third-order valence-electron chi connectivity index (χ3n) is 3.50. The fourth-order valence-corrected chi connectivity index (χ4v) is 6.72. The van der Waals surface area contributed by atoms with Gasteiger partial charge in [0.25, 0.3) is 0 Å². The molecule has 0 spiro atoms. The molecule has 0 aliphatic carbocycles. The lowest BCUT2D eigenvalue weighted by atomic mass is 10.4. The monoisotopic (exact) mass is 306 g/mol. The Morgan fingerprint density at radius 1 is 0.895 bits per heavy atom. The Bertz CT molecular complexity index is 229. The number of carbonyl (C=O) groups is 1. The minimum Gasteiger partial charge on any atom is -1.00 e. The molecule has 0 fully saturated rings. The van der Waals surface area contributed by atoms with E-state index in [-0.39, 0.29) is 18.2 Å². The number of allylic oxidation sites excluding steroid dienone is 1. The predicted octanol–water partition coefficient (Wildman–Crippen LogP) is 2.51. The second-order valence-corrected chi connectivity index (χ2v) is 9.45. The summed E-state index contributed by atoms with van der Waals surface area (Å²) in [5.41, 5.74) is 0. The normalized spacial score (nSPS) is 11.6. The van der Waals surface area contributed by atoms with E-state index in [0.29, 0.717) is 0 Å². The van der Waals surface area contributed by atoms with Crippen molar-refractivity contribution in [2.45, 2.75) is 66.2 Å². The zero-order chi connectivity index (χ0) is 13.9. The molecule has 0 aromatic rings. The molecule has 0 bridgehead atoms. The first kappa shape index (κ1) is 21.4. The third kappa shape index (κ3) is 10.6. The van der Waals surface area contributed by atoms with E-state index in [4.69, 9.17) is 0 Å². The average molecular weight is 307 g/mol. The molecule has 0 N–H and O–H groups in total. The summed E-state index contributed by atoms with van der Waals surface area (Å²) in [6.07, 6.45) is 13.7. The maximum absolute atomic E-state index is 11.2. The van der Waals surface area contributed by atoms with E-state index in [1.54, 1.807) is 6.92 Å². The third-order valence-corrected chi connectivity index (χ3v) is 7.90. The van der Waals surface area contributed by atoms with Crippen LogP contribution >= 0.6 is 7.26 Å². The van der Waals surface area contributed by atoms with Crippen molar-refractivity contribution in [1.82, 2.24) is 0 Å². The van der Waals surface area contributed by atoms with Gasteiger partial charge in [0.1, 0.15) is 0 Å². The highest BCUT2D eigenvalue weighted by Crippen LogP contribution is 2.62. The molecular formula is C16H32ClOP. The lowest BCUT2D eigenvalue weighted by Crippen LogP contribution is -3.00. The van der Waals surface area contributed by atoms with Crippen molar-refractivity contribution in [2.75, 3.05) is 18.5 Å². The van der Waals surface area contributed by atoms with Gasteiger partial charge in [-0.05, 0) is 26.2 Å². The van der Waals surface area contributed by atoms with Gasteiger partial charge in [-0.1, -0.05) is 40.0 Å². The van der Waals surface area contributed by atoms with Crippen LogP contribution in [0.2, 0.25) is 0 Å². The van der Waals surface area contributed by atoms with Gasteiger partial charge in [-0.2, -0.15) is 0 Å². The topological polar surface area (TPSA) is 17.1 Å². The molecule has 3 heteroatoms. The average Bonchev–Trinajstić information content (AvgIpc) is 2.37. The van der Waals surface area contributed by atoms with Crippen LogP contribution in [0.1, 0.15) is 66.2 Å². The van der Waals surface area contributed by atoms with Gasteiger partial charge in [0.15, 0.2) is 5.78 Å². The van der Waals surface area contributed by atoms with E-state index >= 15 is 0 Å². The van der Waals surface area contributed by atoms with Crippen molar-refractivity contribution in [3.05, 3.63) is 11.9 Å². The Hall–Kier alpha value is 0.130. The minimum absolute atomic E-state index is 0. The molecule has 0 saturated carbocycles. The minimum atomic E-state index is -1.00. The molecule has 114 valence electrons. The zero-order valence-corrected chi connectivity index (χ0v) is 14.9. The van der Waals surface area contributed by atoms with Gasteiger partial charge < -0.3 is 12.4 Å². The summed E-state index contributed by atoms with van der Waals surface area (Å²) in [6, 6.07) is 0. The van der Waals surface area contributed by atoms with Gasteiger partial charge in [-0.3, -0.25) is 4.79 Å². The molecule has 0 radical (unpaired) electrons. The first-order valence-corrected chi connectivity index (χ1v) is 10.1. The summed E-state index contributed by atoms with van der Waals surface area (Å²) >= 11 is 0. The molecule has 0 aliphatic heterocycles. The van der Waals surface area contributed by atoms with Crippen LogP contribution in [0, 0.1) is 0 Å². The Labute approximate surface area is 127 Å². The van der Waals surface area contributed by atoms with Crippen LogP contribution in [0.25, 0.3) is 0 Å². The summed E-state index contributed by atoms with van der Waals surface area (Å²) < 4.78 is 0. The quantitative estimate of drug-likeness (QED) is 0.423. The maximum atomic E-state index is 11.2. The van der Waals surface area contributed by atoms with Crippen LogP contribution < -0.4 is 12.4 Å². The van der Waals surface area contributed by atoms with Crippen molar-refractivity contribution < 1.29 is 17.2 Å². The van der Waals surface area contributed by atoms with E-state index in [9.17, 15) is 4.79 Å². The molecule has 19 heavy (non-hydrogen) atoms. The molecule has 0 saturated heterocycles. The molecule has 0 aliphatic rings. The maximum Gasteiger partial charge on any atom is 0.155 e. The van der Waals surface area contributed by atoms with E-state index in [1.165, 1.54) is 57.0 Å². The smallest absolute Gasteiger partial charge is 0.155 e. The number of hydrogen-bond donors (Lipinski definition) is 0. The van der Waals surface area contributed by atoms with E-state index < -0.39 is 7.26 Å². The van der Waals surface area contributed by atoms with Crippen LogP contribution in [-0.2, 0) is 4.79 Å². The fraction of sp³-hybridized carbons (Fsp3) is 0.812. The number of halogens is 1. The Morgan fingerprint density at radius 3 is 1.53 bits per heavy atom. The number of carbonyl (C=O) groups excluding carboxylic acids is 1. The Kier molecular flexibility index (Phi) is 14.8. The summed E-state index contributed by atoms with van der Waals surface area (Å²) in [4.78, 5) is 11.2. The highest BCUT2D eigenvalue weighted by molar-refractivity contribution is 7.78. The molecule has 0 atom stereocenters. The molecule has 1 nitrogen and oxygen atoms in total. The van der Waals surface area contributed by atoms with Crippen LogP contribution in [-0.4, -0.2) is 24.3 Å². The van der Waals surface area contributed by atoms with Gasteiger partial charge in [0.05, 0.1) is 24.3 Å². The summed E-state index contributed by atoms with van der Waals surface area (Å²) in [5, 5.41) is 0. The van der Waals surface area contributed by atoms with E-state index in [0.717, 1.165) is 0 Å². The van der Waals surface area contributed by atoms with Gasteiger partial charge >= 0.3 is 0 Å². The first-order chi connectivity index (χ1) is 8.60. The second-order valence-electron chi connectivity index (χ2n) is 5.38. The molecule has 0 heterocycles. The van der Waals surface area contributed by atoms with Crippen LogP contribution in [0.5, 0.6) is 0 Å². The van der Waals surface area contributed by atoms with Crippen LogP contribution in [0.15, 0.2) is 11.9 Å². The molecule has 0 rings (SSSR count). The lowest BCUT2D eigenvalue weighted by molar-refractivity contribution is -0.112. The molecular weight excluding hydrogens is 275 g/mol. The van der Waals surface area contributed by atoms with Crippen molar-refractivity contribution >= 4 is 13.0 Å². The van der Waals surface area contributed by atoms with Crippen LogP contribution in [0.4, 0.5) is 0 Å². The summed E-state index contributed by atoms with van der Waals surface area (Å²) in [7, 11) is -1.00. The molecule has 0 aromatic carbocycles. The van der Waals surface area contributed by atoms with Crippen molar-refractivity contribution in [2.24, 2.45) is 0 Å². The first-order valence-electron chi connectivity index (χ1n) is 7.65. The van der Waals surface area contributed by atoms with Gasteiger partial charge in [-0.15, -0.1) is 0 Å². The standard InChI is InChI=1S/C16H32OP.ClH/c1-5-8-12-18(13-9-6-2,14-10-7-3)15-11-16(4)17;/h11,15H,5-10,12-14H2,1-4H3;1H/q+1;/p-1. The van der Waals surface area contributed by atoms with Gasteiger partial charge in [0.2, 0.25) is 0 Å². The highest BCUT2D eigenvalue weighted by atomic mass is 35.5. The fourth-order valence-electron chi connectivity index (χ4n) is 2.24. The van der Waals surface area contributed by atoms with Gasteiger partial charge in [0, 0.05) is 13.3 Å². The number of rotatable bonds is 11. The van der Waals surface area contributed by atoms with E-state index in [1.807, 2.05) is 6.08 Å². The number of hydrogen-bond acceptors (Lipinski definition) is 1. The lowest BCUT2D eigenvalue weighted by Gasteiger charge is -2.24. The van der Waals surface area contributed by atoms with Crippen LogP contribution in [0.3, 0.4) is 0 Å². The zero-order valence-electron chi connectivity index (χ0n) is 13.3. The largest absolute Gasteiger partial charge is 1.00 e. The van der Waals surface area contributed by atoms with Crippen molar-refractivity contribution in [3.8, 4) is 0 Å². The Morgan fingerprint density at radius 2 is 1.26 bits per heavy atom. The molecule has 0 aromatic heterocycles. The number of ketones is 1.